The molecule has 19 heavy (non-hydrogen) atoms. The Bertz CT molecular complexity index is 586. The summed E-state index contributed by atoms with van der Waals surface area (Å²) in [6.45, 7) is 8.19. The summed E-state index contributed by atoms with van der Waals surface area (Å²) in [6.07, 6.45) is 5.33. The number of rotatable bonds is 2. The van der Waals surface area contributed by atoms with Crippen LogP contribution >= 0.6 is 11.6 Å². The van der Waals surface area contributed by atoms with E-state index in [1.807, 2.05) is 12.1 Å². The zero-order valence-corrected chi connectivity index (χ0v) is 12.6. The van der Waals surface area contributed by atoms with E-state index in [1.54, 1.807) is 13.0 Å². The first kappa shape index (κ1) is 14.1. The van der Waals surface area contributed by atoms with E-state index < -0.39 is 0 Å². The second-order valence-electron chi connectivity index (χ2n) is 6.03. The van der Waals surface area contributed by atoms with Crippen LogP contribution in [-0.4, -0.2) is 5.78 Å². The van der Waals surface area contributed by atoms with E-state index in [9.17, 15) is 4.79 Å². The maximum Gasteiger partial charge on any atom is 0.160 e. The van der Waals surface area contributed by atoms with Gasteiger partial charge < -0.3 is 0 Å². The number of ketones is 1. The second-order valence-corrected chi connectivity index (χ2v) is 6.47. The van der Waals surface area contributed by atoms with Crippen LogP contribution in [0.25, 0.3) is 5.57 Å². The molecule has 0 aromatic heterocycles. The molecule has 0 saturated carbocycles. The molecule has 0 unspecified atom stereocenters. The molecule has 0 N–H and O–H groups in total. The van der Waals surface area contributed by atoms with Gasteiger partial charge in [-0.2, -0.15) is 0 Å². The van der Waals surface area contributed by atoms with Gasteiger partial charge in [-0.3, -0.25) is 4.79 Å². The highest BCUT2D eigenvalue weighted by Crippen LogP contribution is 2.37. The van der Waals surface area contributed by atoms with Crippen molar-refractivity contribution in [3.05, 3.63) is 52.1 Å². The summed E-state index contributed by atoms with van der Waals surface area (Å²) in [7, 11) is 0. The third-order valence-corrected chi connectivity index (χ3v) is 3.68. The van der Waals surface area contributed by atoms with Crippen molar-refractivity contribution in [1.29, 1.82) is 0 Å². The van der Waals surface area contributed by atoms with Crippen molar-refractivity contribution in [1.82, 2.24) is 0 Å². The van der Waals surface area contributed by atoms with Crippen LogP contribution in [0.3, 0.4) is 0 Å². The highest BCUT2D eigenvalue weighted by molar-refractivity contribution is 6.31. The molecule has 0 spiro atoms. The fraction of sp³-hybridized carbons (Fsp3) is 0.353. The normalized spacial score (nSPS) is 15.2. The van der Waals surface area contributed by atoms with E-state index in [2.05, 4.69) is 32.9 Å². The largest absolute Gasteiger partial charge is 0.294 e. The third-order valence-electron chi connectivity index (χ3n) is 3.44. The lowest BCUT2D eigenvalue weighted by Gasteiger charge is -2.18. The molecule has 0 aliphatic heterocycles. The van der Waals surface area contributed by atoms with Crippen molar-refractivity contribution >= 4 is 23.0 Å². The maximum atomic E-state index is 11.8. The predicted molar refractivity (Wildman–Crippen MR) is 81.6 cm³/mol. The lowest BCUT2D eigenvalue weighted by Crippen LogP contribution is -2.06. The minimum absolute atomic E-state index is 0.0580. The van der Waals surface area contributed by atoms with Gasteiger partial charge in [0.25, 0.3) is 0 Å². The summed E-state index contributed by atoms with van der Waals surface area (Å²) < 4.78 is 0. The van der Waals surface area contributed by atoms with Gasteiger partial charge in [0.05, 0.1) is 0 Å². The van der Waals surface area contributed by atoms with Gasteiger partial charge in [-0.25, -0.2) is 0 Å². The van der Waals surface area contributed by atoms with E-state index in [4.69, 9.17) is 11.6 Å². The zero-order chi connectivity index (χ0) is 14.2. The highest BCUT2D eigenvalue weighted by Gasteiger charge is 2.21. The molecule has 2 heteroatoms. The number of hydrogen-bond donors (Lipinski definition) is 0. The van der Waals surface area contributed by atoms with Crippen LogP contribution in [0, 0.1) is 5.41 Å². The molecule has 1 aromatic rings. The molecule has 0 heterocycles. The fourth-order valence-electron chi connectivity index (χ4n) is 2.32. The quantitative estimate of drug-likeness (QED) is 0.669. The number of allylic oxidation sites excluding steroid dienone is 4. The molecule has 2 rings (SSSR count). The molecule has 1 aromatic carbocycles. The Kier molecular flexibility index (Phi) is 3.69. The highest BCUT2D eigenvalue weighted by atomic mass is 35.5. The Morgan fingerprint density at radius 2 is 1.95 bits per heavy atom. The molecule has 0 fully saturated rings. The zero-order valence-electron chi connectivity index (χ0n) is 11.9. The van der Waals surface area contributed by atoms with E-state index >= 15 is 0 Å². The summed E-state index contributed by atoms with van der Waals surface area (Å²) in [5, 5.41) is 0.608. The second kappa shape index (κ2) is 4.97. The van der Waals surface area contributed by atoms with Crippen LogP contribution < -0.4 is 0 Å². The monoisotopic (exact) mass is 274 g/mol. The summed E-state index contributed by atoms with van der Waals surface area (Å²) in [6, 6.07) is 5.55. The molecule has 0 atom stereocenters. The average molecular weight is 275 g/mol. The van der Waals surface area contributed by atoms with Gasteiger partial charge in [0.2, 0.25) is 0 Å². The molecule has 1 aliphatic rings. The molecule has 0 saturated heterocycles. The SMILES string of the molecule is CC(=O)c1cc(Cl)ccc1C1=CC(C(C)(C)C)=CC1. The standard InChI is InChI=1S/C17H19ClO/c1-11(19)16-10-14(18)7-8-15(16)12-5-6-13(9-12)17(2,3)4/h6-10H,5H2,1-4H3. The van der Waals surface area contributed by atoms with Crippen LogP contribution in [0.15, 0.2) is 35.9 Å². The van der Waals surface area contributed by atoms with Gasteiger partial charge in [-0.05, 0) is 47.6 Å². The number of Topliss-reactive ketones (excluding diaryl/α,β-unsaturated/α-hetero) is 1. The fourth-order valence-corrected chi connectivity index (χ4v) is 2.50. The van der Waals surface area contributed by atoms with Crippen molar-refractivity contribution in [3.8, 4) is 0 Å². The Morgan fingerprint density at radius 1 is 1.26 bits per heavy atom. The van der Waals surface area contributed by atoms with Crippen molar-refractivity contribution in [3.63, 3.8) is 0 Å². The maximum absolute atomic E-state index is 11.8. The van der Waals surface area contributed by atoms with Crippen LogP contribution in [0.2, 0.25) is 5.02 Å². The predicted octanol–water partition coefficient (Wildman–Crippen LogP) is 5.30. The first-order chi connectivity index (χ1) is 8.79. The Labute approximate surface area is 120 Å². The van der Waals surface area contributed by atoms with Gasteiger partial charge >= 0.3 is 0 Å². The smallest absolute Gasteiger partial charge is 0.160 e. The van der Waals surface area contributed by atoms with Crippen LogP contribution in [0.5, 0.6) is 0 Å². The molecule has 1 aliphatic carbocycles. The third kappa shape index (κ3) is 2.98. The van der Waals surface area contributed by atoms with Crippen LogP contribution in [0.4, 0.5) is 0 Å². The van der Waals surface area contributed by atoms with Crippen molar-refractivity contribution < 1.29 is 4.79 Å². The molecule has 100 valence electrons. The van der Waals surface area contributed by atoms with Gasteiger partial charge in [0.1, 0.15) is 0 Å². The Morgan fingerprint density at radius 3 is 2.47 bits per heavy atom. The molecule has 0 bridgehead atoms. The van der Waals surface area contributed by atoms with Crippen molar-refractivity contribution in [2.45, 2.75) is 34.1 Å². The van der Waals surface area contributed by atoms with Gasteiger partial charge in [0.15, 0.2) is 5.78 Å². The minimum Gasteiger partial charge on any atom is -0.294 e. The molecule has 0 amide bonds. The van der Waals surface area contributed by atoms with Crippen LogP contribution in [-0.2, 0) is 0 Å². The molecule has 1 nitrogen and oxygen atoms in total. The van der Waals surface area contributed by atoms with Gasteiger partial charge in [-0.1, -0.05) is 50.6 Å². The van der Waals surface area contributed by atoms with Crippen molar-refractivity contribution in [2.75, 3.05) is 0 Å². The average Bonchev–Trinajstić information content (AvgIpc) is 2.77. The minimum atomic E-state index is 0.0580. The number of carbonyl (C=O) groups excluding carboxylic acids is 1. The van der Waals surface area contributed by atoms with E-state index in [1.165, 1.54) is 11.1 Å². The summed E-state index contributed by atoms with van der Waals surface area (Å²) >= 11 is 5.98. The van der Waals surface area contributed by atoms with E-state index in [0.717, 1.165) is 12.0 Å². The molecular weight excluding hydrogens is 256 g/mol. The van der Waals surface area contributed by atoms with Crippen LogP contribution in [0.1, 0.15) is 50.0 Å². The molecule has 0 radical (unpaired) electrons. The summed E-state index contributed by atoms with van der Waals surface area (Å²) in [4.78, 5) is 11.8. The number of benzene rings is 1. The van der Waals surface area contributed by atoms with Crippen molar-refractivity contribution in [2.24, 2.45) is 5.41 Å². The summed E-state index contributed by atoms with van der Waals surface area (Å²) in [5.74, 6) is 0.0580. The first-order valence-electron chi connectivity index (χ1n) is 6.51. The number of carbonyl (C=O) groups is 1. The lowest BCUT2D eigenvalue weighted by atomic mass is 9.87. The van der Waals surface area contributed by atoms with E-state index in [-0.39, 0.29) is 11.2 Å². The van der Waals surface area contributed by atoms with Gasteiger partial charge in [0, 0.05) is 10.6 Å². The van der Waals surface area contributed by atoms with E-state index in [0.29, 0.717) is 10.6 Å². The molecular formula is C17H19ClO. The first-order valence-corrected chi connectivity index (χ1v) is 6.89. The number of halogens is 1. The Hall–Kier alpha value is -1.34. The topological polar surface area (TPSA) is 17.1 Å². The lowest BCUT2D eigenvalue weighted by molar-refractivity contribution is 0.101. The number of hydrogen-bond acceptors (Lipinski definition) is 1. The summed E-state index contributed by atoms with van der Waals surface area (Å²) in [5.41, 5.74) is 4.39. The Balaban J connectivity index is 2.43. The van der Waals surface area contributed by atoms with Gasteiger partial charge in [-0.15, -0.1) is 0 Å².